The van der Waals surface area contributed by atoms with E-state index in [4.69, 9.17) is 0 Å². The fourth-order valence-corrected chi connectivity index (χ4v) is 3.37. The fraction of sp³-hybridized carbons (Fsp3) is 0.278. The zero-order chi connectivity index (χ0) is 16.4. The maximum atomic E-state index is 13.1. The van der Waals surface area contributed by atoms with Crippen LogP contribution in [0.25, 0.3) is 0 Å². The minimum absolute atomic E-state index is 0.241. The van der Waals surface area contributed by atoms with Gasteiger partial charge in [-0.15, -0.1) is 0 Å². The van der Waals surface area contributed by atoms with Gasteiger partial charge in [0.1, 0.15) is 17.2 Å². The van der Waals surface area contributed by atoms with Crippen molar-refractivity contribution < 1.29 is 18.7 Å². The molecule has 0 amide bonds. The Morgan fingerprint density at radius 2 is 1.65 bits per heavy atom. The predicted molar refractivity (Wildman–Crippen MR) is 82.2 cm³/mol. The minimum Gasteiger partial charge on any atom is -0.480 e. The molecule has 2 atom stereocenters. The first kappa shape index (κ1) is 15.6. The van der Waals surface area contributed by atoms with E-state index in [-0.39, 0.29) is 24.0 Å². The third-order valence-electron chi connectivity index (χ3n) is 4.52. The van der Waals surface area contributed by atoms with Crippen molar-refractivity contribution in [2.75, 3.05) is 6.54 Å². The Morgan fingerprint density at radius 3 is 2.22 bits per heavy atom. The van der Waals surface area contributed by atoms with Gasteiger partial charge < -0.3 is 10.4 Å². The van der Waals surface area contributed by atoms with Gasteiger partial charge in [0.25, 0.3) is 0 Å². The molecule has 2 aromatic rings. The average Bonchev–Trinajstić information content (AvgIpc) is 2.95. The topological polar surface area (TPSA) is 49.3 Å². The van der Waals surface area contributed by atoms with Crippen LogP contribution < -0.4 is 5.32 Å². The summed E-state index contributed by atoms with van der Waals surface area (Å²) in [4.78, 5) is 12.0. The third kappa shape index (κ3) is 2.97. The first-order valence-corrected chi connectivity index (χ1v) is 7.49. The van der Waals surface area contributed by atoms with Crippen LogP contribution in [0.15, 0.2) is 48.5 Å². The van der Waals surface area contributed by atoms with Crippen molar-refractivity contribution in [3.05, 3.63) is 71.3 Å². The summed E-state index contributed by atoms with van der Waals surface area (Å²) in [5.41, 5.74) is 0.367. The smallest absolute Gasteiger partial charge is 0.324 e. The fourth-order valence-electron chi connectivity index (χ4n) is 3.37. The van der Waals surface area contributed by atoms with Gasteiger partial charge in [-0.25, -0.2) is 8.78 Å². The van der Waals surface area contributed by atoms with E-state index in [0.29, 0.717) is 13.0 Å². The van der Waals surface area contributed by atoms with Crippen LogP contribution in [-0.2, 0) is 11.2 Å². The molecule has 3 nitrogen and oxygen atoms in total. The number of carboxylic acids is 1. The number of benzene rings is 2. The van der Waals surface area contributed by atoms with Crippen LogP contribution in [0.4, 0.5) is 8.78 Å². The van der Waals surface area contributed by atoms with Crippen molar-refractivity contribution in [1.82, 2.24) is 5.32 Å². The molecule has 0 bridgehead atoms. The highest BCUT2D eigenvalue weighted by molar-refractivity contribution is 5.81. The van der Waals surface area contributed by atoms with Crippen molar-refractivity contribution in [2.45, 2.75) is 24.3 Å². The summed E-state index contributed by atoms with van der Waals surface area (Å²) in [6.45, 7) is 0.565. The van der Waals surface area contributed by atoms with E-state index in [9.17, 15) is 18.7 Å². The van der Waals surface area contributed by atoms with Crippen LogP contribution in [0.2, 0.25) is 0 Å². The number of aliphatic carboxylic acids is 1. The third-order valence-corrected chi connectivity index (χ3v) is 4.52. The Hall–Kier alpha value is -2.27. The van der Waals surface area contributed by atoms with Gasteiger partial charge in [0.2, 0.25) is 0 Å². The Balaban J connectivity index is 1.96. The maximum absolute atomic E-state index is 13.1. The zero-order valence-corrected chi connectivity index (χ0v) is 12.4. The first-order chi connectivity index (χ1) is 11.0. The molecule has 2 N–H and O–H groups in total. The van der Waals surface area contributed by atoms with Crippen LogP contribution in [0, 0.1) is 11.6 Å². The molecule has 0 radical (unpaired) electrons. The van der Waals surface area contributed by atoms with Crippen molar-refractivity contribution >= 4 is 5.97 Å². The molecule has 120 valence electrons. The van der Waals surface area contributed by atoms with Crippen LogP contribution in [0.5, 0.6) is 0 Å². The molecular formula is C18H17F2NO2. The summed E-state index contributed by atoms with van der Waals surface area (Å²) in [5, 5.41) is 13.0. The van der Waals surface area contributed by atoms with Gasteiger partial charge in [-0.2, -0.15) is 0 Å². The quantitative estimate of drug-likeness (QED) is 0.911. The molecule has 1 fully saturated rings. The number of hydrogen-bond acceptors (Lipinski definition) is 2. The summed E-state index contributed by atoms with van der Waals surface area (Å²) in [5.74, 6) is -1.92. The van der Waals surface area contributed by atoms with Crippen molar-refractivity contribution in [3.63, 3.8) is 0 Å². The molecule has 0 aromatic heterocycles. The van der Waals surface area contributed by atoms with Crippen molar-refractivity contribution in [1.29, 1.82) is 0 Å². The van der Waals surface area contributed by atoms with Gasteiger partial charge in [-0.05, 0) is 48.4 Å². The molecule has 1 aliphatic heterocycles. The van der Waals surface area contributed by atoms with Crippen LogP contribution in [0.1, 0.15) is 23.5 Å². The lowest BCUT2D eigenvalue weighted by atomic mass is 9.76. The number of halogens is 2. The maximum Gasteiger partial charge on any atom is 0.324 e. The Labute approximate surface area is 133 Å². The Kier molecular flexibility index (Phi) is 4.13. The van der Waals surface area contributed by atoms with Crippen LogP contribution >= 0.6 is 0 Å². The van der Waals surface area contributed by atoms with E-state index in [1.54, 1.807) is 24.3 Å². The van der Waals surface area contributed by atoms with E-state index < -0.39 is 11.5 Å². The Morgan fingerprint density at radius 1 is 1.09 bits per heavy atom. The summed E-state index contributed by atoms with van der Waals surface area (Å²) < 4.78 is 26.2. The van der Waals surface area contributed by atoms with E-state index >= 15 is 0 Å². The number of carbonyl (C=O) groups is 1. The molecule has 3 rings (SSSR count). The van der Waals surface area contributed by atoms with Crippen LogP contribution in [-0.4, -0.2) is 23.2 Å². The molecule has 1 heterocycles. The molecule has 1 saturated heterocycles. The van der Waals surface area contributed by atoms with Gasteiger partial charge in [0, 0.05) is 12.3 Å². The minimum atomic E-state index is -1.17. The van der Waals surface area contributed by atoms with Crippen molar-refractivity contribution in [2.24, 2.45) is 0 Å². The highest BCUT2D eigenvalue weighted by Crippen LogP contribution is 2.38. The summed E-state index contributed by atoms with van der Waals surface area (Å²) in [6, 6.07) is 11.8. The number of carboxylic acid groups (broad SMARTS) is 1. The lowest BCUT2D eigenvalue weighted by Crippen LogP contribution is -2.53. The summed E-state index contributed by atoms with van der Waals surface area (Å²) in [7, 11) is 0. The highest BCUT2D eigenvalue weighted by Gasteiger charge is 2.49. The van der Waals surface area contributed by atoms with Gasteiger partial charge in [0.05, 0.1) is 0 Å². The molecule has 1 unspecified atom stereocenters. The Bertz CT molecular complexity index is 700. The molecule has 1 aliphatic rings. The van der Waals surface area contributed by atoms with E-state index in [2.05, 4.69) is 5.32 Å². The van der Waals surface area contributed by atoms with Crippen molar-refractivity contribution in [3.8, 4) is 0 Å². The molecule has 0 saturated carbocycles. The van der Waals surface area contributed by atoms with E-state index in [1.165, 1.54) is 24.3 Å². The first-order valence-electron chi connectivity index (χ1n) is 7.49. The predicted octanol–water partition coefficient (Wildman–Crippen LogP) is 3.11. The van der Waals surface area contributed by atoms with E-state index in [0.717, 1.165) is 11.1 Å². The van der Waals surface area contributed by atoms with E-state index in [1.807, 2.05) is 0 Å². The second-order valence-corrected chi connectivity index (χ2v) is 5.90. The number of hydrogen-bond donors (Lipinski definition) is 2. The molecule has 2 aromatic carbocycles. The molecule has 23 heavy (non-hydrogen) atoms. The van der Waals surface area contributed by atoms with Crippen LogP contribution in [0.3, 0.4) is 0 Å². The number of rotatable bonds is 4. The molecule has 0 spiro atoms. The lowest BCUT2D eigenvalue weighted by Gasteiger charge is -2.32. The molecule has 5 heteroatoms. The largest absolute Gasteiger partial charge is 0.480 e. The zero-order valence-electron chi connectivity index (χ0n) is 12.4. The average molecular weight is 317 g/mol. The van der Waals surface area contributed by atoms with Gasteiger partial charge in [-0.1, -0.05) is 24.3 Å². The lowest BCUT2D eigenvalue weighted by molar-refractivity contribution is -0.144. The second kappa shape index (κ2) is 6.08. The SMILES string of the molecule is O=C(O)[C@@]1(Cc2ccc(F)cc2)NCCC1c1ccc(F)cc1. The summed E-state index contributed by atoms with van der Waals surface area (Å²) >= 11 is 0. The molecular weight excluding hydrogens is 300 g/mol. The normalized spacial score (nSPS) is 23.8. The number of nitrogens with one attached hydrogen (secondary N) is 1. The molecule has 0 aliphatic carbocycles. The standard InChI is InChI=1S/C18H17F2NO2/c19-14-5-1-12(2-6-14)11-18(17(22)23)16(9-10-21-18)13-3-7-15(20)8-4-13/h1-8,16,21H,9-11H2,(H,22,23)/t16?,18-/m0/s1. The van der Waals surface area contributed by atoms with Gasteiger partial charge in [-0.3, -0.25) is 4.79 Å². The highest BCUT2D eigenvalue weighted by atomic mass is 19.1. The monoisotopic (exact) mass is 317 g/mol. The summed E-state index contributed by atoms with van der Waals surface area (Å²) in [6.07, 6.45) is 0.893. The van der Waals surface area contributed by atoms with Gasteiger partial charge >= 0.3 is 5.97 Å². The second-order valence-electron chi connectivity index (χ2n) is 5.90. The van der Waals surface area contributed by atoms with Gasteiger partial charge in [0.15, 0.2) is 0 Å².